The van der Waals surface area contributed by atoms with Crippen molar-refractivity contribution in [3.63, 3.8) is 0 Å². The van der Waals surface area contributed by atoms with Gasteiger partial charge in [-0.2, -0.15) is 0 Å². The van der Waals surface area contributed by atoms with Crippen LogP contribution in [0, 0.1) is 16.0 Å². The first-order valence-corrected chi connectivity index (χ1v) is 6.66. The minimum atomic E-state index is -0.526. The van der Waals surface area contributed by atoms with E-state index >= 15 is 0 Å². The highest BCUT2D eigenvalue weighted by atomic mass is 16.6. The van der Waals surface area contributed by atoms with E-state index < -0.39 is 4.92 Å². The maximum Gasteiger partial charge on any atom is 0.282 e. The lowest BCUT2D eigenvalue weighted by atomic mass is 10.1. The molecule has 0 spiro atoms. The van der Waals surface area contributed by atoms with Gasteiger partial charge in [-0.05, 0) is 37.3 Å². The number of nitro benzene ring substituents is 1. The fourth-order valence-electron chi connectivity index (χ4n) is 3.28. The van der Waals surface area contributed by atoms with Gasteiger partial charge < -0.3 is 10.3 Å². The lowest BCUT2D eigenvalue weighted by Crippen LogP contribution is -2.38. The number of nitrogens with two attached hydrogens (primary N) is 1. The number of hydrogen-bond donors (Lipinski definition) is 2. The van der Waals surface area contributed by atoms with Gasteiger partial charge in [-0.3, -0.25) is 20.8 Å². The molecule has 1 heterocycles. The van der Waals surface area contributed by atoms with Gasteiger partial charge in [0.15, 0.2) is 0 Å². The van der Waals surface area contributed by atoms with Gasteiger partial charge in [0.25, 0.3) is 11.6 Å². The van der Waals surface area contributed by atoms with Crippen molar-refractivity contribution in [1.82, 2.24) is 4.90 Å². The molecule has 3 N–H and O–H groups in total. The van der Waals surface area contributed by atoms with E-state index in [1.165, 1.54) is 18.2 Å². The molecule has 1 aromatic rings. The molecule has 7 nitrogen and oxygen atoms in total. The number of carbonyl (C=O) groups is 1. The van der Waals surface area contributed by atoms with Crippen LogP contribution in [0.15, 0.2) is 18.2 Å². The van der Waals surface area contributed by atoms with Crippen LogP contribution in [0.4, 0.5) is 11.4 Å². The summed E-state index contributed by atoms with van der Waals surface area (Å²) in [5.41, 5.74) is 2.85. The average Bonchev–Trinajstić information content (AvgIpc) is 3.08. The molecule has 20 heavy (non-hydrogen) atoms. The smallest absolute Gasteiger partial charge is 0.282 e. The maximum atomic E-state index is 12.6. The summed E-state index contributed by atoms with van der Waals surface area (Å²) in [6.07, 6.45) is 3.17. The first-order chi connectivity index (χ1) is 9.60. The zero-order valence-electron chi connectivity index (χ0n) is 10.9. The molecule has 1 saturated carbocycles. The number of anilines is 1. The van der Waals surface area contributed by atoms with Gasteiger partial charge in [0.1, 0.15) is 5.56 Å². The van der Waals surface area contributed by atoms with E-state index in [1.54, 1.807) is 4.90 Å². The summed E-state index contributed by atoms with van der Waals surface area (Å²) in [5.74, 6) is 5.61. The fraction of sp³-hybridized carbons (Fsp3) is 0.462. The standard InChI is InChI=1S/C13H16N4O3/c14-15-9-2-4-12(17(19)20)11(6-9)13(18)16-7-8-1-3-10(16)5-8/h2,4,6,8,10,15H,1,3,5,7,14H2. The van der Waals surface area contributed by atoms with E-state index in [-0.39, 0.29) is 23.2 Å². The molecular weight excluding hydrogens is 260 g/mol. The lowest BCUT2D eigenvalue weighted by Gasteiger charge is -2.27. The van der Waals surface area contributed by atoms with E-state index in [2.05, 4.69) is 5.43 Å². The number of benzene rings is 1. The first kappa shape index (κ1) is 12.9. The number of nitrogen functional groups attached to an aromatic ring is 1. The van der Waals surface area contributed by atoms with Gasteiger partial charge >= 0.3 is 0 Å². The number of rotatable bonds is 3. The number of amides is 1. The fourth-order valence-corrected chi connectivity index (χ4v) is 3.28. The summed E-state index contributed by atoms with van der Waals surface area (Å²) >= 11 is 0. The molecule has 106 valence electrons. The molecule has 7 heteroatoms. The van der Waals surface area contributed by atoms with Gasteiger partial charge in [0.05, 0.1) is 4.92 Å². The molecule has 2 unspecified atom stereocenters. The Labute approximate surface area is 115 Å². The van der Waals surface area contributed by atoms with Gasteiger partial charge in [-0.15, -0.1) is 0 Å². The summed E-state index contributed by atoms with van der Waals surface area (Å²) in [5, 5.41) is 11.1. The predicted octanol–water partition coefficient (Wildman–Crippen LogP) is 1.50. The van der Waals surface area contributed by atoms with Crippen LogP contribution in [0.5, 0.6) is 0 Å². The number of nitrogens with one attached hydrogen (secondary N) is 1. The lowest BCUT2D eigenvalue weighted by molar-refractivity contribution is -0.385. The maximum absolute atomic E-state index is 12.6. The molecule has 1 aliphatic heterocycles. The van der Waals surface area contributed by atoms with Crippen molar-refractivity contribution in [1.29, 1.82) is 0 Å². The van der Waals surface area contributed by atoms with Crippen molar-refractivity contribution >= 4 is 17.3 Å². The highest BCUT2D eigenvalue weighted by molar-refractivity contribution is 5.99. The zero-order chi connectivity index (χ0) is 14.3. The van der Waals surface area contributed by atoms with E-state index in [0.717, 1.165) is 19.3 Å². The summed E-state index contributed by atoms with van der Waals surface area (Å²) in [7, 11) is 0. The molecule has 1 aliphatic carbocycles. The van der Waals surface area contributed by atoms with Crippen molar-refractivity contribution in [2.24, 2.45) is 11.8 Å². The zero-order valence-corrected chi connectivity index (χ0v) is 10.9. The highest BCUT2D eigenvalue weighted by Gasteiger charge is 2.41. The predicted molar refractivity (Wildman–Crippen MR) is 73.1 cm³/mol. The minimum Gasteiger partial charge on any atom is -0.335 e. The molecule has 2 fully saturated rings. The summed E-state index contributed by atoms with van der Waals surface area (Å²) in [6, 6.07) is 4.50. The molecule has 3 rings (SSSR count). The van der Waals surface area contributed by atoms with Gasteiger partial charge in [0.2, 0.25) is 0 Å². The summed E-state index contributed by atoms with van der Waals surface area (Å²) in [6.45, 7) is 0.709. The number of hydrogen-bond acceptors (Lipinski definition) is 5. The Morgan fingerprint density at radius 1 is 1.45 bits per heavy atom. The second kappa shape index (κ2) is 4.75. The van der Waals surface area contributed by atoms with Crippen molar-refractivity contribution in [2.75, 3.05) is 12.0 Å². The number of nitro groups is 1. The monoisotopic (exact) mass is 276 g/mol. The highest BCUT2D eigenvalue weighted by Crippen LogP contribution is 2.39. The third-order valence-corrected chi connectivity index (χ3v) is 4.26. The number of hydrazine groups is 1. The number of likely N-dealkylation sites (tertiary alicyclic amines) is 1. The second-order valence-corrected chi connectivity index (χ2v) is 5.42. The Kier molecular flexibility index (Phi) is 3.06. The third-order valence-electron chi connectivity index (χ3n) is 4.26. The molecule has 1 aromatic carbocycles. The van der Waals surface area contributed by atoms with Crippen LogP contribution < -0.4 is 11.3 Å². The molecule has 0 radical (unpaired) electrons. The van der Waals surface area contributed by atoms with E-state index in [4.69, 9.17) is 5.84 Å². The van der Waals surface area contributed by atoms with Crippen LogP contribution in [0.25, 0.3) is 0 Å². The molecule has 2 aliphatic rings. The number of carbonyl (C=O) groups excluding carboxylic acids is 1. The topological polar surface area (TPSA) is 101 Å². The van der Waals surface area contributed by atoms with Crippen LogP contribution in [0.2, 0.25) is 0 Å². The normalized spacial score (nSPS) is 23.9. The van der Waals surface area contributed by atoms with Crippen molar-refractivity contribution in [2.45, 2.75) is 25.3 Å². The van der Waals surface area contributed by atoms with Gasteiger partial charge in [-0.25, -0.2) is 0 Å². The molecule has 1 amide bonds. The molecule has 2 atom stereocenters. The summed E-state index contributed by atoms with van der Waals surface area (Å²) in [4.78, 5) is 24.9. The van der Waals surface area contributed by atoms with Gasteiger partial charge in [-0.1, -0.05) is 0 Å². The van der Waals surface area contributed by atoms with Crippen molar-refractivity contribution in [3.05, 3.63) is 33.9 Å². The van der Waals surface area contributed by atoms with Crippen LogP contribution >= 0.6 is 0 Å². The van der Waals surface area contributed by atoms with E-state index in [0.29, 0.717) is 18.2 Å². The van der Waals surface area contributed by atoms with Crippen molar-refractivity contribution in [3.8, 4) is 0 Å². The van der Waals surface area contributed by atoms with E-state index in [9.17, 15) is 14.9 Å². The molecule has 0 aromatic heterocycles. The quantitative estimate of drug-likeness (QED) is 0.495. The SMILES string of the molecule is NNc1ccc([N+](=O)[O-])c(C(=O)N2CC3CCC2C3)c1. The minimum absolute atomic E-state index is 0.109. The largest absolute Gasteiger partial charge is 0.335 e. The number of fused-ring (bicyclic) bond motifs is 2. The molecule has 1 saturated heterocycles. The Bertz CT molecular complexity index is 575. The van der Waals surface area contributed by atoms with Crippen LogP contribution in [-0.2, 0) is 0 Å². The summed E-state index contributed by atoms with van der Waals surface area (Å²) < 4.78 is 0. The molecular formula is C13H16N4O3. The Morgan fingerprint density at radius 3 is 2.80 bits per heavy atom. The van der Waals surface area contributed by atoms with Crippen LogP contribution in [0.1, 0.15) is 29.6 Å². The number of nitrogens with zero attached hydrogens (tertiary/aromatic N) is 2. The van der Waals surface area contributed by atoms with Gasteiger partial charge in [0, 0.05) is 24.3 Å². The first-order valence-electron chi connectivity index (χ1n) is 6.66. The average molecular weight is 276 g/mol. The number of piperidine rings is 1. The van der Waals surface area contributed by atoms with Crippen LogP contribution in [-0.4, -0.2) is 28.3 Å². The van der Waals surface area contributed by atoms with E-state index in [1.807, 2.05) is 0 Å². The Morgan fingerprint density at radius 2 is 2.25 bits per heavy atom. The Balaban J connectivity index is 1.95. The Hall–Kier alpha value is -2.15. The van der Waals surface area contributed by atoms with Crippen molar-refractivity contribution < 1.29 is 9.72 Å². The van der Waals surface area contributed by atoms with Crippen LogP contribution in [0.3, 0.4) is 0 Å². The third kappa shape index (κ3) is 2.00. The molecule has 2 bridgehead atoms. The second-order valence-electron chi connectivity index (χ2n) is 5.42.